The van der Waals surface area contributed by atoms with Gasteiger partial charge in [-0.05, 0) is 24.6 Å². The Bertz CT molecular complexity index is 1090. The third-order valence-corrected chi connectivity index (χ3v) is 5.03. The first-order valence-corrected chi connectivity index (χ1v) is 9.79. The maximum Gasteiger partial charge on any atom is 0.422 e. The maximum atomic E-state index is 12.9. The van der Waals surface area contributed by atoms with Crippen LogP contribution in [0.25, 0.3) is 0 Å². The summed E-state index contributed by atoms with van der Waals surface area (Å²) in [6.45, 7) is 0.421. The molecule has 32 heavy (non-hydrogen) atoms. The van der Waals surface area contributed by atoms with Crippen molar-refractivity contribution in [1.29, 1.82) is 5.26 Å². The number of hydrogen-bond donors (Lipinski definition) is 1. The van der Waals surface area contributed by atoms with E-state index < -0.39 is 24.7 Å². The Labute approximate surface area is 186 Å². The van der Waals surface area contributed by atoms with Gasteiger partial charge in [0, 0.05) is 36.6 Å². The highest BCUT2D eigenvalue weighted by Crippen LogP contribution is 2.34. The van der Waals surface area contributed by atoms with Crippen molar-refractivity contribution < 1.29 is 27.5 Å². The molecule has 2 aromatic heterocycles. The third-order valence-electron chi connectivity index (χ3n) is 4.76. The minimum absolute atomic E-state index is 0.0914. The maximum absolute atomic E-state index is 12.9. The second-order valence-electron chi connectivity index (χ2n) is 6.92. The molecule has 0 spiro atoms. The van der Waals surface area contributed by atoms with Crippen LogP contribution >= 0.6 is 11.6 Å². The lowest BCUT2D eigenvalue weighted by atomic mass is 10.1. The molecule has 168 valence electrons. The molecule has 3 rings (SSSR count). The summed E-state index contributed by atoms with van der Waals surface area (Å²) in [4.78, 5) is 34.7. The summed E-state index contributed by atoms with van der Waals surface area (Å²) in [5, 5.41) is 11.1. The van der Waals surface area contributed by atoms with Crippen LogP contribution < -0.4 is 10.1 Å². The monoisotopic (exact) mass is 467 g/mol. The first kappa shape index (κ1) is 23.3. The first-order chi connectivity index (χ1) is 15.1. The summed E-state index contributed by atoms with van der Waals surface area (Å²) in [5.41, 5.74) is 1.34. The molecule has 8 nitrogen and oxygen atoms in total. The second kappa shape index (κ2) is 9.40. The molecule has 0 fully saturated rings. The molecule has 1 atom stereocenters. The predicted octanol–water partition coefficient (Wildman–Crippen LogP) is 3.43. The Morgan fingerprint density at radius 2 is 2.19 bits per heavy atom. The van der Waals surface area contributed by atoms with E-state index in [2.05, 4.69) is 20.0 Å². The van der Waals surface area contributed by atoms with Crippen LogP contribution in [0.4, 0.5) is 13.2 Å². The van der Waals surface area contributed by atoms with E-state index in [-0.39, 0.29) is 42.0 Å². The van der Waals surface area contributed by atoms with Gasteiger partial charge in [0.05, 0.1) is 18.5 Å². The third kappa shape index (κ3) is 5.08. The molecule has 0 aromatic carbocycles. The Hall–Kier alpha value is -3.39. The van der Waals surface area contributed by atoms with E-state index in [9.17, 15) is 22.8 Å². The second-order valence-corrected chi connectivity index (χ2v) is 7.33. The number of rotatable bonds is 7. The van der Waals surface area contributed by atoms with Crippen LogP contribution in [0.15, 0.2) is 24.5 Å². The largest absolute Gasteiger partial charge is 0.467 e. The van der Waals surface area contributed by atoms with Gasteiger partial charge in [-0.3, -0.25) is 14.6 Å². The molecular formula is C20H17ClF3N5O3. The van der Waals surface area contributed by atoms with E-state index in [1.54, 1.807) is 6.92 Å². The number of fused-ring (bicyclic) bond motifs is 1. The molecule has 2 aromatic rings. The fourth-order valence-electron chi connectivity index (χ4n) is 3.18. The number of amides is 2. The van der Waals surface area contributed by atoms with Gasteiger partial charge in [-0.15, -0.1) is 0 Å². The fraction of sp³-hybridized carbons (Fsp3) is 0.350. The number of ether oxygens (including phenoxy) is 1. The van der Waals surface area contributed by atoms with Crippen molar-refractivity contribution in [2.45, 2.75) is 32.1 Å². The van der Waals surface area contributed by atoms with E-state index in [1.165, 1.54) is 29.4 Å². The number of nitrogens with one attached hydrogen (secondary N) is 1. The zero-order valence-electron chi connectivity index (χ0n) is 16.7. The Morgan fingerprint density at radius 3 is 2.84 bits per heavy atom. The number of carbonyl (C=O) groups is 2. The van der Waals surface area contributed by atoms with Crippen molar-refractivity contribution in [2.24, 2.45) is 0 Å². The summed E-state index contributed by atoms with van der Waals surface area (Å²) >= 11 is 6.02. The van der Waals surface area contributed by atoms with E-state index in [4.69, 9.17) is 16.9 Å². The Balaban J connectivity index is 1.78. The van der Waals surface area contributed by atoms with Gasteiger partial charge < -0.3 is 15.0 Å². The molecule has 0 saturated heterocycles. The van der Waals surface area contributed by atoms with Gasteiger partial charge in [0.1, 0.15) is 10.7 Å². The number of pyridine rings is 2. The molecule has 2 amide bonds. The number of nitrogens with zero attached hydrogens (tertiary/aromatic N) is 4. The molecule has 1 unspecified atom stereocenters. The minimum atomic E-state index is -4.53. The summed E-state index contributed by atoms with van der Waals surface area (Å²) in [5.74, 6) is -1.19. The Kier molecular flexibility index (Phi) is 6.84. The van der Waals surface area contributed by atoms with Crippen LogP contribution in [0.3, 0.4) is 0 Å². The van der Waals surface area contributed by atoms with Crippen LogP contribution in [0.5, 0.6) is 5.88 Å². The smallest absolute Gasteiger partial charge is 0.422 e. The molecule has 0 radical (unpaired) electrons. The van der Waals surface area contributed by atoms with Gasteiger partial charge in [-0.1, -0.05) is 11.6 Å². The topological polar surface area (TPSA) is 108 Å². The molecule has 12 heteroatoms. The summed E-state index contributed by atoms with van der Waals surface area (Å²) in [6, 6.07) is 4.26. The number of halogens is 4. The normalized spacial score (nSPS) is 14.0. The quantitative estimate of drug-likeness (QED) is 0.625. The summed E-state index contributed by atoms with van der Waals surface area (Å²) < 4.78 is 41.6. The lowest BCUT2D eigenvalue weighted by Crippen LogP contribution is -2.28. The zero-order chi connectivity index (χ0) is 23.5. The highest BCUT2D eigenvalue weighted by molar-refractivity contribution is 6.31. The molecule has 3 heterocycles. The van der Waals surface area contributed by atoms with Gasteiger partial charge in [0.15, 0.2) is 6.61 Å². The number of nitriles is 1. The van der Waals surface area contributed by atoms with Crippen LogP contribution in [-0.4, -0.2) is 46.0 Å². The first-order valence-electron chi connectivity index (χ1n) is 9.41. The zero-order valence-corrected chi connectivity index (χ0v) is 17.5. The van der Waals surface area contributed by atoms with E-state index in [1.807, 2.05) is 6.07 Å². The standard InChI is InChI=1S/C20H17ClF3N5O3/c1-11(12-7-15(21)18(28-8-12)32-10-20(22,23)24)29-9-14-13(19(29)31)3-6-26-16(14)17(30)27-5-2-4-25/h3,6-8,11H,2,5,9-10H2,1H3,(H,27,30). The highest BCUT2D eigenvalue weighted by Gasteiger charge is 2.35. The number of alkyl halides is 3. The fourth-order valence-corrected chi connectivity index (χ4v) is 3.41. The number of hydrogen-bond acceptors (Lipinski definition) is 6. The van der Waals surface area contributed by atoms with Crippen LogP contribution in [0, 0.1) is 11.3 Å². The van der Waals surface area contributed by atoms with Crippen LogP contribution in [-0.2, 0) is 6.54 Å². The molecule has 0 saturated carbocycles. The van der Waals surface area contributed by atoms with Crippen molar-refractivity contribution >= 4 is 23.4 Å². The van der Waals surface area contributed by atoms with E-state index in [0.717, 1.165) is 0 Å². The minimum Gasteiger partial charge on any atom is -0.467 e. The number of carbonyl (C=O) groups excluding carboxylic acids is 2. The van der Waals surface area contributed by atoms with Crippen LogP contribution in [0.1, 0.15) is 51.4 Å². The lowest BCUT2D eigenvalue weighted by molar-refractivity contribution is -0.154. The lowest BCUT2D eigenvalue weighted by Gasteiger charge is -2.25. The van der Waals surface area contributed by atoms with Gasteiger partial charge in [0.2, 0.25) is 5.88 Å². The molecule has 1 N–H and O–H groups in total. The predicted molar refractivity (Wildman–Crippen MR) is 106 cm³/mol. The van der Waals surface area contributed by atoms with Crippen LogP contribution in [0.2, 0.25) is 5.02 Å². The SMILES string of the molecule is CC(c1cnc(OCC(F)(F)F)c(Cl)c1)N1Cc2c(ccnc2C(=O)NCCC#N)C1=O. The van der Waals surface area contributed by atoms with E-state index >= 15 is 0 Å². The van der Waals surface area contributed by atoms with Gasteiger partial charge in [0.25, 0.3) is 11.8 Å². The average molecular weight is 468 g/mol. The summed E-state index contributed by atoms with van der Waals surface area (Å²) in [7, 11) is 0. The van der Waals surface area contributed by atoms with Crippen molar-refractivity contribution in [3.8, 4) is 11.9 Å². The van der Waals surface area contributed by atoms with Gasteiger partial charge in [-0.2, -0.15) is 18.4 Å². The van der Waals surface area contributed by atoms with Crippen molar-refractivity contribution in [3.63, 3.8) is 0 Å². The number of aromatic nitrogens is 2. The average Bonchev–Trinajstić information content (AvgIpc) is 3.08. The molecular weight excluding hydrogens is 451 g/mol. The summed E-state index contributed by atoms with van der Waals surface area (Å²) in [6.07, 6.45) is -1.75. The molecule has 0 aliphatic carbocycles. The van der Waals surface area contributed by atoms with Crippen molar-refractivity contribution in [3.05, 3.63) is 51.9 Å². The van der Waals surface area contributed by atoms with Crippen molar-refractivity contribution in [1.82, 2.24) is 20.2 Å². The Morgan fingerprint density at radius 1 is 1.44 bits per heavy atom. The molecule has 0 bridgehead atoms. The highest BCUT2D eigenvalue weighted by atomic mass is 35.5. The van der Waals surface area contributed by atoms with Gasteiger partial charge in [-0.25, -0.2) is 4.98 Å². The van der Waals surface area contributed by atoms with E-state index in [0.29, 0.717) is 16.7 Å². The molecule has 1 aliphatic heterocycles. The van der Waals surface area contributed by atoms with Crippen molar-refractivity contribution in [2.75, 3.05) is 13.2 Å². The molecule has 1 aliphatic rings. The van der Waals surface area contributed by atoms with Gasteiger partial charge >= 0.3 is 6.18 Å².